The van der Waals surface area contributed by atoms with E-state index in [0.29, 0.717) is 12.8 Å². The molecule has 0 heterocycles. The summed E-state index contributed by atoms with van der Waals surface area (Å²) in [5.41, 5.74) is 1.71. The largest absolute Gasteiger partial charge is 0.481 e. The third-order valence-electron chi connectivity index (χ3n) is 2.22. The van der Waals surface area contributed by atoms with Crippen LogP contribution in [0.5, 0.6) is 0 Å². The number of carboxylic acid groups (broad SMARTS) is 1. The van der Waals surface area contributed by atoms with Gasteiger partial charge in [-0.2, -0.15) is 0 Å². The summed E-state index contributed by atoms with van der Waals surface area (Å²) in [5.74, 6) is -1.25. The maximum Gasteiger partial charge on any atom is 0.303 e. The van der Waals surface area contributed by atoms with Crippen molar-refractivity contribution in [3.8, 4) is 0 Å². The zero-order valence-electron chi connectivity index (χ0n) is 8.39. The minimum absolute atomic E-state index is 0.0888. The number of hydrogen-bond donors (Lipinski definition) is 1. The van der Waals surface area contributed by atoms with Crippen molar-refractivity contribution in [2.45, 2.75) is 26.2 Å². The van der Waals surface area contributed by atoms with Crippen molar-refractivity contribution in [2.24, 2.45) is 0 Å². The Morgan fingerprint density at radius 2 is 2.20 bits per heavy atom. The third-order valence-corrected chi connectivity index (χ3v) is 2.51. The Bertz CT molecular complexity index is 377. The molecule has 0 aliphatic heterocycles. The SMILES string of the molecule is Cc1cc(F)c(Cl)cc1CCCC(=O)O. The highest BCUT2D eigenvalue weighted by Gasteiger charge is 2.06. The lowest BCUT2D eigenvalue weighted by Crippen LogP contribution is -1.97. The number of aryl methyl sites for hydroxylation is 2. The van der Waals surface area contributed by atoms with E-state index in [2.05, 4.69) is 0 Å². The molecule has 15 heavy (non-hydrogen) atoms. The summed E-state index contributed by atoms with van der Waals surface area (Å²) in [6, 6.07) is 2.94. The highest BCUT2D eigenvalue weighted by Crippen LogP contribution is 2.21. The molecule has 0 bridgehead atoms. The van der Waals surface area contributed by atoms with Gasteiger partial charge in [0, 0.05) is 6.42 Å². The van der Waals surface area contributed by atoms with Crippen LogP contribution in [0.25, 0.3) is 0 Å². The predicted octanol–water partition coefficient (Wildman–Crippen LogP) is 3.19. The summed E-state index contributed by atoms with van der Waals surface area (Å²) in [7, 11) is 0. The highest BCUT2D eigenvalue weighted by atomic mass is 35.5. The zero-order chi connectivity index (χ0) is 11.4. The van der Waals surface area contributed by atoms with Crippen LogP contribution in [0.3, 0.4) is 0 Å². The minimum atomic E-state index is -0.819. The molecule has 0 atom stereocenters. The Morgan fingerprint density at radius 1 is 1.53 bits per heavy atom. The van der Waals surface area contributed by atoms with Gasteiger partial charge in [0.15, 0.2) is 0 Å². The lowest BCUT2D eigenvalue weighted by Gasteiger charge is -2.06. The smallest absolute Gasteiger partial charge is 0.303 e. The zero-order valence-corrected chi connectivity index (χ0v) is 9.14. The maximum absolute atomic E-state index is 13.0. The first-order valence-corrected chi connectivity index (χ1v) is 5.05. The molecule has 0 fully saturated rings. The van der Waals surface area contributed by atoms with Crippen LogP contribution in [0.2, 0.25) is 5.02 Å². The van der Waals surface area contributed by atoms with E-state index in [1.807, 2.05) is 0 Å². The normalized spacial score (nSPS) is 10.3. The first-order chi connectivity index (χ1) is 7.00. The van der Waals surface area contributed by atoms with E-state index in [0.717, 1.165) is 11.1 Å². The number of carbonyl (C=O) groups is 1. The monoisotopic (exact) mass is 230 g/mol. The Kier molecular flexibility index (Phi) is 4.09. The van der Waals surface area contributed by atoms with E-state index in [1.54, 1.807) is 13.0 Å². The van der Waals surface area contributed by atoms with Crippen molar-refractivity contribution in [2.75, 3.05) is 0 Å². The van der Waals surface area contributed by atoms with Crippen molar-refractivity contribution in [3.63, 3.8) is 0 Å². The summed E-state index contributed by atoms with van der Waals surface area (Å²) in [6.07, 6.45) is 1.27. The van der Waals surface area contributed by atoms with Crippen molar-refractivity contribution in [3.05, 3.63) is 34.1 Å². The van der Waals surface area contributed by atoms with Crippen LogP contribution in [0.1, 0.15) is 24.0 Å². The predicted molar refractivity (Wildman–Crippen MR) is 56.7 cm³/mol. The summed E-state index contributed by atoms with van der Waals surface area (Å²) in [5, 5.41) is 8.56. The average Bonchev–Trinajstić information content (AvgIpc) is 2.13. The van der Waals surface area contributed by atoms with Gasteiger partial charge in [-0.25, -0.2) is 4.39 Å². The first kappa shape index (κ1) is 12.0. The Balaban J connectivity index is 2.69. The molecule has 0 unspecified atom stereocenters. The second kappa shape index (κ2) is 5.12. The van der Waals surface area contributed by atoms with Gasteiger partial charge in [0.05, 0.1) is 5.02 Å². The molecule has 0 amide bonds. The molecule has 0 aromatic heterocycles. The van der Waals surface area contributed by atoms with Gasteiger partial charge in [-0.3, -0.25) is 4.79 Å². The summed E-state index contributed by atoms with van der Waals surface area (Å²) in [4.78, 5) is 10.3. The molecule has 2 nitrogen and oxygen atoms in total. The molecule has 4 heteroatoms. The summed E-state index contributed by atoms with van der Waals surface area (Å²) in [6.45, 7) is 1.79. The molecule has 0 saturated carbocycles. The number of hydrogen-bond acceptors (Lipinski definition) is 1. The maximum atomic E-state index is 13.0. The number of benzene rings is 1. The third kappa shape index (κ3) is 3.51. The standard InChI is InChI=1S/C11H12ClFO2/c1-7-5-10(13)9(12)6-8(7)3-2-4-11(14)15/h5-6H,2-4H2,1H3,(H,14,15). The molecule has 1 aromatic carbocycles. The Hall–Kier alpha value is -1.09. The van der Waals surface area contributed by atoms with Gasteiger partial charge in [0.25, 0.3) is 0 Å². The molecule has 1 aromatic rings. The van der Waals surface area contributed by atoms with Crippen molar-refractivity contribution in [1.82, 2.24) is 0 Å². The van der Waals surface area contributed by atoms with E-state index >= 15 is 0 Å². The van der Waals surface area contributed by atoms with Gasteiger partial charge in [0.2, 0.25) is 0 Å². The number of carboxylic acids is 1. The van der Waals surface area contributed by atoms with Gasteiger partial charge in [-0.1, -0.05) is 11.6 Å². The molecule has 0 aliphatic carbocycles. The van der Waals surface area contributed by atoms with Crippen LogP contribution >= 0.6 is 11.6 Å². The molecular formula is C11H12ClFO2. The van der Waals surface area contributed by atoms with Crippen LogP contribution < -0.4 is 0 Å². The van der Waals surface area contributed by atoms with E-state index in [4.69, 9.17) is 16.7 Å². The molecule has 82 valence electrons. The van der Waals surface area contributed by atoms with Crippen LogP contribution in [-0.2, 0) is 11.2 Å². The lowest BCUT2D eigenvalue weighted by molar-refractivity contribution is -0.137. The summed E-state index contributed by atoms with van der Waals surface area (Å²) < 4.78 is 13.0. The molecule has 0 aliphatic rings. The van der Waals surface area contributed by atoms with E-state index in [-0.39, 0.29) is 11.4 Å². The van der Waals surface area contributed by atoms with E-state index in [1.165, 1.54) is 6.07 Å². The molecule has 1 N–H and O–H groups in total. The molecule has 0 spiro atoms. The van der Waals surface area contributed by atoms with Gasteiger partial charge >= 0.3 is 5.97 Å². The topological polar surface area (TPSA) is 37.3 Å². The molecule has 0 radical (unpaired) electrons. The number of halogens is 2. The quantitative estimate of drug-likeness (QED) is 0.863. The van der Waals surface area contributed by atoms with Crippen LogP contribution in [0, 0.1) is 12.7 Å². The number of rotatable bonds is 4. The van der Waals surface area contributed by atoms with Gasteiger partial charge in [0.1, 0.15) is 5.82 Å². The van der Waals surface area contributed by atoms with Crippen LogP contribution in [-0.4, -0.2) is 11.1 Å². The Labute approximate surface area is 92.7 Å². The van der Waals surface area contributed by atoms with Crippen LogP contribution in [0.15, 0.2) is 12.1 Å². The van der Waals surface area contributed by atoms with Crippen molar-refractivity contribution in [1.29, 1.82) is 0 Å². The fraction of sp³-hybridized carbons (Fsp3) is 0.364. The second-order valence-corrected chi connectivity index (χ2v) is 3.85. The molecular weight excluding hydrogens is 219 g/mol. The second-order valence-electron chi connectivity index (χ2n) is 3.44. The van der Waals surface area contributed by atoms with Crippen molar-refractivity contribution >= 4 is 17.6 Å². The van der Waals surface area contributed by atoms with Crippen molar-refractivity contribution < 1.29 is 14.3 Å². The average molecular weight is 231 g/mol. The molecule has 1 rings (SSSR count). The minimum Gasteiger partial charge on any atom is -0.481 e. The summed E-state index contributed by atoms with van der Waals surface area (Å²) >= 11 is 5.64. The van der Waals surface area contributed by atoms with E-state index < -0.39 is 11.8 Å². The fourth-order valence-electron chi connectivity index (χ4n) is 1.39. The van der Waals surface area contributed by atoms with Crippen LogP contribution in [0.4, 0.5) is 4.39 Å². The fourth-order valence-corrected chi connectivity index (χ4v) is 1.57. The number of aliphatic carboxylic acids is 1. The van der Waals surface area contributed by atoms with Gasteiger partial charge in [-0.15, -0.1) is 0 Å². The Morgan fingerprint density at radius 3 is 2.80 bits per heavy atom. The highest BCUT2D eigenvalue weighted by molar-refractivity contribution is 6.30. The molecule has 0 saturated heterocycles. The van der Waals surface area contributed by atoms with E-state index in [9.17, 15) is 9.18 Å². The van der Waals surface area contributed by atoms with Gasteiger partial charge in [-0.05, 0) is 43.0 Å². The van der Waals surface area contributed by atoms with Gasteiger partial charge < -0.3 is 5.11 Å². The lowest BCUT2D eigenvalue weighted by atomic mass is 10.0. The first-order valence-electron chi connectivity index (χ1n) is 4.67.